The van der Waals surface area contributed by atoms with Gasteiger partial charge in [0, 0.05) is 19.6 Å². The van der Waals surface area contributed by atoms with Gasteiger partial charge in [-0.25, -0.2) is 8.42 Å². The highest BCUT2D eigenvalue weighted by molar-refractivity contribution is 7.89. The van der Waals surface area contributed by atoms with Gasteiger partial charge in [-0.2, -0.15) is 9.40 Å². The molecule has 0 saturated heterocycles. The predicted molar refractivity (Wildman–Crippen MR) is 105 cm³/mol. The Morgan fingerprint density at radius 3 is 2.37 bits per heavy atom. The van der Waals surface area contributed by atoms with Crippen LogP contribution in [0.4, 0.5) is 0 Å². The topological polar surface area (TPSA) is 84.3 Å². The summed E-state index contributed by atoms with van der Waals surface area (Å²) in [4.78, 5) is 12.4. The van der Waals surface area contributed by atoms with Gasteiger partial charge >= 0.3 is 0 Å². The van der Waals surface area contributed by atoms with Crippen LogP contribution in [-0.2, 0) is 27.8 Å². The fourth-order valence-electron chi connectivity index (χ4n) is 3.08. The van der Waals surface area contributed by atoms with Crippen LogP contribution in [0.5, 0.6) is 0 Å². The van der Waals surface area contributed by atoms with Gasteiger partial charge in [-0.3, -0.25) is 9.48 Å². The van der Waals surface area contributed by atoms with Crippen LogP contribution in [0.1, 0.15) is 30.8 Å². The van der Waals surface area contributed by atoms with Crippen molar-refractivity contribution in [3.8, 4) is 0 Å². The Bertz CT molecular complexity index is 872. The number of sulfonamides is 1. The molecule has 1 aromatic heterocycles. The lowest BCUT2D eigenvalue weighted by atomic mass is 10.1. The molecule has 7 nitrogen and oxygen atoms in total. The summed E-state index contributed by atoms with van der Waals surface area (Å²) in [5.74, 6) is -0.191. The molecule has 0 saturated carbocycles. The summed E-state index contributed by atoms with van der Waals surface area (Å²) in [6.07, 6.45) is 0.741. The highest BCUT2D eigenvalue weighted by Crippen LogP contribution is 2.23. The van der Waals surface area contributed by atoms with Crippen molar-refractivity contribution < 1.29 is 13.2 Å². The SMILES string of the molecule is CCN(CC)S(=O)(=O)c1c(C)nn(CC(=O)NCCc2ccccc2)c1C. The maximum Gasteiger partial charge on any atom is 0.246 e. The summed E-state index contributed by atoms with van der Waals surface area (Å²) in [5.41, 5.74) is 2.05. The number of hydrogen-bond acceptors (Lipinski definition) is 4. The molecule has 0 atom stereocenters. The number of hydrogen-bond donors (Lipinski definition) is 1. The zero-order valence-corrected chi connectivity index (χ0v) is 17.2. The molecule has 0 fully saturated rings. The Kier molecular flexibility index (Phi) is 7.15. The quantitative estimate of drug-likeness (QED) is 0.706. The van der Waals surface area contributed by atoms with Crippen molar-refractivity contribution in [2.24, 2.45) is 0 Å². The molecule has 0 radical (unpaired) electrons. The summed E-state index contributed by atoms with van der Waals surface area (Å²) in [6, 6.07) is 9.90. The number of amides is 1. The van der Waals surface area contributed by atoms with E-state index in [1.165, 1.54) is 8.99 Å². The Morgan fingerprint density at radius 2 is 1.78 bits per heavy atom. The third-order valence-electron chi connectivity index (χ3n) is 4.49. The molecule has 0 aliphatic carbocycles. The van der Waals surface area contributed by atoms with Gasteiger partial charge in [-0.05, 0) is 25.8 Å². The summed E-state index contributed by atoms with van der Waals surface area (Å²) in [6.45, 7) is 8.25. The first kappa shape index (κ1) is 21.1. The molecule has 2 aromatic rings. The monoisotopic (exact) mass is 392 g/mol. The Morgan fingerprint density at radius 1 is 1.15 bits per heavy atom. The molecule has 1 N–H and O–H groups in total. The van der Waals surface area contributed by atoms with E-state index in [9.17, 15) is 13.2 Å². The fraction of sp³-hybridized carbons (Fsp3) is 0.474. The van der Waals surface area contributed by atoms with E-state index in [2.05, 4.69) is 10.4 Å². The number of rotatable bonds is 9. The molecule has 0 spiro atoms. The van der Waals surface area contributed by atoms with Gasteiger partial charge in [-0.1, -0.05) is 44.2 Å². The van der Waals surface area contributed by atoms with Crippen molar-refractivity contribution >= 4 is 15.9 Å². The zero-order chi connectivity index (χ0) is 20.0. The standard InChI is InChI=1S/C19H28N4O3S/c1-5-22(6-2)27(25,26)19-15(3)21-23(16(19)4)14-18(24)20-13-12-17-10-8-7-9-11-17/h7-11H,5-6,12-14H2,1-4H3,(H,20,24). The lowest BCUT2D eigenvalue weighted by Crippen LogP contribution is -2.32. The largest absolute Gasteiger partial charge is 0.354 e. The van der Waals surface area contributed by atoms with Crippen molar-refractivity contribution in [2.75, 3.05) is 19.6 Å². The second kappa shape index (κ2) is 9.14. The van der Waals surface area contributed by atoms with Crippen molar-refractivity contribution in [3.05, 3.63) is 47.3 Å². The van der Waals surface area contributed by atoms with Gasteiger partial charge in [0.2, 0.25) is 15.9 Å². The van der Waals surface area contributed by atoms with Gasteiger partial charge < -0.3 is 5.32 Å². The van der Waals surface area contributed by atoms with Crippen LogP contribution < -0.4 is 5.32 Å². The van der Waals surface area contributed by atoms with Crippen LogP contribution >= 0.6 is 0 Å². The fourth-order valence-corrected chi connectivity index (χ4v) is 4.91. The summed E-state index contributed by atoms with van der Waals surface area (Å²) in [5, 5.41) is 7.14. The van der Waals surface area contributed by atoms with Crippen molar-refractivity contribution in [3.63, 3.8) is 0 Å². The van der Waals surface area contributed by atoms with Crippen molar-refractivity contribution in [1.29, 1.82) is 0 Å². The normalized spacial score (nSPS) is 11.7. The smallest absolute Gasteiger partial charge is 0.246 e. The number of carbonyl (C=O) groups is 1. The van der Waals surface area contributed by atoms with E-state index in [4.69, 9.17) is 0 Å². The van der Waals surface area contributed by atoms with Gasteiger partial charge in [0.25, 0.3) is 0 Å². The van der Waals surface area contributed by atoms with E-state index in [-0.39, 0.29) is 17.3 Å². The lowest BCUT2D eigenvalue weighted by Gasteiger charge is -2.18. The van der Waals surface area contributed by atoms with E-state index >= 15 is 0 Å². The minimum atomic E-state index is -3.61. The molecular weight excluding hydrogens is 364 g/mol. The molecule has 2 rings (SSSR count). The first-order valence-electron chi connectivity index (χ1n) is 9.16. The molecule has 0 unspecified atom stereocenters. The van der Waals surface area contributed by atoms with E-state index in [1.54, 1.807) is 27.7 Å². The van der Waals surface area contributed by atoms with E-state index < -0.39 is 10.0 Å². The maximum absolute atomic E-state index is 12.8. The van der Waals surface area contributed by atoms with Gasteiger partial charge in [0.1, 0.15) is 11.4 Å². The Hall–Kier alpha value is -2.19. The Labute approximate surface area is 161 Å². The maximum atomic E-state index is 12.8. The number of nitrogens with zero attached hydrogens (tertiary/aromatic N) is 3. The third kappa shape index (κ3) is 4.95. The van der Waals surface area contributed by atoms with Crippen LogP contribution in [0.2, 0.25) is 0 Å². The summed E-state index contributed by atoms with van der Waals surface area (Å²) >= 11 is 0. The molecule has 1 heterocycles. The molecule has 1 amide bonds. The molecule has 8 heteroatoms. The highest BCUT2D eigenvalue weighted by Gasteiger charge is 2.29. The third-order valence-corrected chi connectivity index (χ3v) is 6.79. The molecule has 0 aliphatic heterocycles. The predicted octanol–water partition coefficient (Wildman–Crippen LogP) is 1.89. The number of benzene rings is 1. The van der Waals surface area contributed by atoms with E-state index in [0.29, 0.717) is 31.0 Å². The molecule has 0 aliphatic rings. The summed E-state index contributed by atoms with van der Waals surface area (Å²) < 4.78 is 28.5. The molecule has 27 heavy (non-hydrogen) atoms. The lowest BCUT2D eigenvalue weighted by molar-refractivity contribution is -0.121. The first-order chi connectivity index (χ1) is 12.8. The molecule has 1 aromatic carbocycles. The second-order valence-electron chi connectivity index (χ2n) is 6.33. The first-order valence-corrected chi connectivity index (χ1v) is 10.6. The Balaban J connectivity index is 2.06. The van der Waals surface area contributed by atoms with Crippen LogP contribution in [0.15, 0.2) is 35.2 Å². The minimum absolute atomic E-state index is 0.00473. The van der Waals surface area contributed by atoms with Gasteiger partial charge in [0.05, 0.1) is 11.4 Å². The van der Waals surface area contributed by atoms with Crippen molar-refractivity contribution in [2.45, 2.75) is 45.6 Å². The molecular formula is C19H28N4O3S. The molecule has 148 valence electrons. The number of aromatic nitrogens is 2. The van der Waals surface area contributed by atoms with Gasteiger partial charge in [0.15, 0.2) is 0 Å². The van der Waals surface area contributed by atoms with Crippen LogP contribution in [0, 0.1) is 13.8 Å². The number of carbonyl (C=O) groups excluding carboxylic acids is 1. The highest BCUT2D eigenvalue weighted by atomic mass is 32.2. The minimum Gasteiger partial charge on any atom is -0.354 e. The van der Waals surface area contributed by atoms with E-state index in [0.717, 1.165) is 12.0 Å². The van der Waals surface area contributed by atoms with E-state index in [1.807, 2.05) is 30.3 Å². The second-order valence-corrected chi connectivity index (χ2v) is 8.21. The molecule has 0 bridgehead atoms. The zero-order valence-electron chi connectivity index (χ0n) is 16.4. The number of aryl methyl sites for hydroxylation is 1. The summed E-state index contributed by atoms with van der Waals surface area (Å²) in [7, 11) is -3.61. The average Bonchev–Trinajstić information content (AvgIpc) is 2.90. The van der Waals surface area contributed by atoms with Crippen LogP contribution in [-0.4, -0.2) is 48.0 Å². The van der Waals surface area contributed by atoms with Gasteiger partial charge in [-0.15, -0.1) is 0 Å². The average molecular weight is 393 g/mol. The van der Waals surface area contributed by atoms with Crippen LogP contribution in [0.3, 0.4) is 0 Å². The van der Waals surface area contributed by atoms with Crippen molar-refractivity contribution in [1.82, 2.24) is 19.4 Å². The number of nitrogens with one attached hydrogen (secondary N) is 1. The van der Waals surface area contributed by atoms with Crippen LogP contribution in [0.25, 0.3) is 0 Å².